The molecule has 1 amide bonds. The summed E-state index contributed by atoms with van der Waals surface area (Å²) in [6, 6.07) is 16.6. The second-order valence-corrected chi connectivity index (χ2v) is 10.9. The van der Waals surface area contributed by atoms with E-state index in [0.29, 0.717) is 12.0 Å². The van der Waals surface area contributed by atoms with Gasteiger partial charge in [0.1, 0.15) is 0 Å². The van der Waals surface area contributed by atoms with Gasteiger partial charge in [-0.2, -0.15) is 10.2 Å². The molecular weight excluding hydrogens is 510 g/mol. The number of likely N-dealkylation sites (N-methyl/N-ethyl adjacent to an activating group) is 1. The second-order valence-electron chi connectivity index (χ2n) is 9.60. The Labute approximate surface area is 234 Å². The van der Waals surface area contributed by atoms with Crippen LogP contribution in [0.3, 0.4) is 0 Å². The summed E-state index contributed by atoms with van der Waals surface area (Å²) in [6.07, 6.45) is 4.14. The molecule has 8 nitrogen and oxygen atoms in total. The number of benzene rings is 2. The molecule has 0 saturated carbocycles. The van der Waals surface area contributed by atoms with Gasteiger partial charge in [-0.05, 0) is 74.2 Å². The summed E-state index contributed by atoms with van der Waals surface area (Å²) in [5, 5.41) is 21.0. The summed E-state index contributed by atoms with van der Waals surface area (Å²) < 4.78 is 1.27. The molecule has 2 N–H and O–H groups in total. The van der Waals surface area contributed by atoms with Crippen LogP contribution >= 0.6 is 11.3 Å². The predicted molar refractivity (Wildman–Crippen MR) is 160 cm³/mol. The van der Waals surface area contributed by atoms with Gasteiger partial charge in [0.2, 0.25) is 5.91 Å². The Balaban J connectivity index is 0.000000395. The first-order valence-electron chi connectivity index (χ1n) is 13.0. The molecule has 0 unspecified atom stereocenters. The lowest BCUT2D eigenvalue weighted by Crippen LogP contribution is -2.22. The van der Waals surface area contributed by atoms with Crippen molar-refractivity contribution in [1.82, 2.24) is 15.1 Å². The van der Waals surface area contributed by atoms with Crippen molar-refractivity contribution in [3.63, 3.8) is 0 Å². The summed E-state index contributed by atoms with van der Waals surface area (Å²) in [5.74, 6) is -0.804. The van der Waals surface area contributed by atoms with Crippen molar-refractivity contribution in [2.24, 2.45) is 0 Å². The quantitative estimate of drug-likeness (QED) is 0.256. The Morgan fingerprint density at radius 2 is 1.79 bits per heavy atom. The van der Waals surface area contributed by atoms with Crippen LogP contribution in [0.15, 0.2) is 60.8 Å². The molecule has 0 radical (unpaired) electrons. The first-order chi connectivity index (χ1) is 18.7. The average molecular weight is 548 g/mol. The van der Waals surface area contributed by atoms with Crippen molar-refractivity contribution < 1.29 is 14.7 Å². The molecule has 0 fully saturated rings. The van der Waals surface area contributed by atoms with E-state index < -0.39 is 5.97 Å². The zero-order chi connectivity index (χ0) is 28.4. The molecule has 0 atom stereocenters. The lowest BCUT2D eigenvalue weighted by Gasteiger charge is -2.17. The highest BCUT2D eigenvalue weighted by molar-refractivity contribution is 7.19. The van der Waals surface area contributed by atoms with E-state index in [1.165, 1.54) is 20.5 Å². The lowest BCUT2D eigenvalue weighted by atomic mass is 10.1. The van der Waals surface area contributed by atoms with Crippen LogP contribution in [0.4, 0.5) is 11.4 Å². The molecule has 0 saturated heterocycles. The molecule has 2 heterocycles. The molecule has 0 aliphatic carbocycles. The summed E-state index contributed by atoms with van der Waals surface area (Å²) in [6.45, 7) is 5.88. The molecule has 4 rings (SSSR count). The normalized spacial score (nSPS) is 10.7. The maximum atomic E-state index is 12.0. The number of rotatable bonds is 10. The highest BCUT2D eigenvalue weighted by atomic mass is 32.1. The van der Waals surface area contributed by atoms with E-state index in [-0.39, 0.29) is 5.91 Å². The van der Waals surface area contributed by atoms with Crippen LogP contribution in [0.5, 0.6) is 0 Å². The first-order valence-corrected chi connectivity index (χ1v) is 13.8. The number of hydrogen-bond acceptors (Lipinski definition) is 7. The van der Waals surface area contributed by atoms with E-state index in [0.717, 1.165) is 43.0 Å². The minimum absolute atomic E-state index is 0.0751. The summed E-state index contributed by atoms with van der Waals surface area (Å²) >= 11 is 1.82. The number of aromatic nitrogens is 2. The molecule has 0 aliphatic heterocycles. The molecule has 0 bridgehead atoms. The predicted octanol–water partition coefficient (Wildman–Crippen LogP) is 5.86. The van der Waals surface area contributed by atoms with Gasteiger partial charge in [-0.1, -0.05) is 25.1 Å². The minimum Gasteiger partial charge on any atom is -0.478 e. The average Bonchev–Trinajstić information content (AvgIpc) is 3.22. The molecule has 206 valence electrons. The first kappa shape index (κ1) is 29.7. The van der Waals surface area contributed by atoms with Crippen LogP contribution in [0.25, 0.3) is 10.1 Å². The van der Waals surface area contributed by atoms with E-state index in [2.05, 4.69) is 52.6 Å². The minimum atomic E-state index is -0.879. The third kappa shape index (κ3) is 8.87. The van der Waals surface area contributed by atoms with Crippen molar-refractivity contribution in [2.75, 3.05) is 37.9 Å². The van der Waals surface area contributed by atoms with E-state index in [9.17, 15) is 9.59 Å². The van der Waals surface area contributed by atoms with Crippen LogP contribution < -0.4 is 10.2 Å². The highest BCUT2D eigenvalue weighted by Gasteiger charge is 2.12. The van der Waals surface area contributed by atoms with Crippen molar-refractivity contribution in [3.8, 4) is 0 Å². The van der Waals surface area contributed by atoms with Crippen LogP contribution in [0.1, 0.15) is 46.3 Å². The van der Waals surface area contributed by atoms with Gasteiger partial charge in [0.15, 0.2) is 0 Å². The van der Waals surface area contributed by atoms with Gasteiger partial charge < -0.3 is 20.2 Å². The van der Waals surface area contributed by atoms with Gasteiger partial charge in [0.05, 0.1) is 23.1 Å². The molecule has 2 aromatic carbocycles. The highest BCUT2D eigenvalue weighted by Crippen LogP contribution is 2.33. The van der Waals surface area contributed by atoms with E-state index in [1.54, 1.807) is 36.5 Å². The number of aryl methyl sites for hydroxylation is 1. The zero-order valence-corrected chi connectivity index (χ0v) is 24.1. The summed E-state index contributed by atoms with van der Waals surface area (Å²) in [4.78, 5) is 27.8. The summed E-state index contributed by atoms with van der Waals surface area (Å²) in [7, 11) is 6.13. The number of nitrogens with one attached hydrogen (secondary N) is 1. The van der Waals surface area contributed by atoms with E-state index >= 15 is 0 Å². The maximum absolute atomic E-state index is 12.0. The number of amides is 1. The monoisotopic (exact) mass is 547 g/mol. The number of hydrogen-bond donors (Lipinski definition) is 2. The van der Waals surface area contributed by atoms with Gasteiger partial charge in [0.25, 0.3) is 0 Å². The Kier molecular flexibility index (Phi) is 11.0. The van der Waals surface area contributed by atoms with E-state index in [1.807, 2.05) is 43.3 Å². The van der Waals surface area contributed by atoms with Gasteiger partial charge in [-0.25, -0.2) is 4.79 Å². The fraction of sp³-hybridized carbons (Fsp3) is 0.333. The molecule has 0 spiro atoms. The number of aromatic carboxylic acids is 1. The van der Waals surface area contributed by atoms with Crippen molar-refractivity contribution in [3.05, 3.63) is 82.5 Å². The third-order valence-corrected chi connectivity index (χ3v) is 7.29. The standard InChI is InChI=1S/C23H31N5OS.C7H6O2/c1-6-7-23(29)25-17-8-9-22-21(13-17)20(16(2)30-22)10-11-28(5)15-18-12-19(27(3)4)14-24-26-18;8-7(9)6-4-2-1-3-5-6/h8-9,12-14H,6-7,10-11,15H2,1-5H3,(H,25,29);1-5H,(H,8,9). The molecule has 39 heavy (non-hydrogen) atoms. The maximum Gasteiger partial charge on any atom is 0.335 e. The molecule has 9 heteroatoms. The molecule has 0 aliphatic rings. The van der Waals surface area contributed by atoms with Gasteiger partial charge in [-0.15, -0.1) is 11.3 Å². The fourth-order valence-corrected chi connectivity index (χ4v) is 5.16. The Morgan fingerprint density at radius 1 is 1.05 bits per heavy atom. The number of nitrogens with zero attached hydrogens (tertiary/aromatic N) is 4. The number of carbonyl (C=O) groups excluding carboxylic acids is 1. The van der Waals surface area contributed by atoms with E-state index in [4.69, 9.17) is 5.11 Å². The van der Waals surface area contributed by atoms with Crippen LogP contribution in [0, 0.1) is 6.92 Å². The Bertz CT molecular complexity index is 1390. The van der Waals surface area contributed by atoms with Crippen LogP contribution in [0.2, 0.25) is 0 Å². The van der Waals surface area contributed by atoms with Crippen LogP contribution in [-0.4, -0.2) is 59.8 Å². The topological polar surface area (TPSA) is 98.7 Å². The van der Waals surface area contributed by atoms with Crippen molar-refractivity contribution in [1.29, 1.82) is 0 Å². The van der Waals surface area contributed by atoms with Crippen molar-refractivity contribution >= 4 is 44.7 Å². The molecule has 2 aromatic heterocycles. The van der Waals surface area contributed by atoms with Gasteiger partial charge in [0, 0.05) is 48.9 Å². The Morgan fingerprint density at radius 3 is 2.44 bits per heavy atom. The van der Waals surface area contributed by atoms with Crippen molar-refractivity contribution in [2.45, 2.75) is 39.7 Å². The Hall–Kier alpha value is -3.82. The lowest BCUT2D eigenvalue weighted by molar-refractivity contribution is -0.116. The number of fused-ring (bicyclic) bond motifs is 1. The largest absolute Gasteiger partial charge is 0.478 e. The molecular formula is C30H37N5O3S. The molecule has 4 aromatic rings. The number of thiophene rings is 1. The third-order valence-electron chi connectivity index (χ3n) is 6.16. The van der Waals surface area contributed by atoms with Gasteiger partial charge in [-0.3, -0.25) is 4.79 Å². The number of carbonyl (C=O) groups is 2. The number of carboxylic acids is 1. The smallest absolute Gasteiger partial charge is 0.335 e. The second kappa shape index (κ2) is 14.4. The fourth-order valence-electron chi connectivity index (χ4n) is 4.07. The zero-order valence-electron chi connectivity index (χ0n) is 23.3. The number of anilines is 2. The SMILES string of the molecule is CCCC(=O)Nc1ccc2sc(C)c(CCN(C)Cc3cc(N(C)C)cnn3)c2c1.O=C(O)c1ccccc1. The number of carboxylic acid groups (broad SMARTS) is 1. The summed E-state index contributed by atoms with van der Waals surface area (Å²) in [5.41, 5.74) is 4.60. The van der Waals surface area contributed by atoms with Gasteiger partial charge >= 0.3 is 5.97 Å². The van der Waals surface area contributed by atoms with Crippen LogP contribution in [-0.2, 0) is 17.8 Å².